The first-order valence-corrected chi connectivity index (χ1v) is 13.1. The molecule has 2 aromatic carbocycles. The molecule has 2 aliphatic rings. The molecule has 1 N–H and O–H groups in total. The zero-order chi connectivity index (χ0) is 27.9. The Morgan fingerprint density at radius 2 is 1.79 bits per heavy atom. The van der Waals surface area contributed by atoms with E-state index in [0.29, 0.717) is 66.6 Å². The third-order valence-electron chi connectivity index (χ3n) is 7.09. The van der Waals surface area contributed by atoms with Gasteiger partial charge in [0.1, 0.15) is 11.5 Å². The lowest BCUT2D eigenvalue weighted by Gasteiger charge is -2.37. The number of benzene rings is 2. The van der Waals surface area contributed by atoms with Crippen LogP contribution in [0.5, 0.6) is 11.5 Å². The molecule has 2 aromatic rings. The zero-order valence-corrected chi connectivity index (χ0v) is 22.9. The van der Waals surface area contributed by atoms with Gasteiger partial charge >= 0.3 is 12.0 Å². The molecule has 39 heavy (non-hydrogen) atoms. The fourth-order valence-electron chi connectivity index (χ4n) is 5.02. The smallest absolute Gasteiger partial charge is 0.338 e. The highest BCUT2D eigenvalue weighted by Gasteiger charge is 2.38. The number of carbonyl (C=O) groups excluding carboxylic acids is 3. The number of nitrogens with zero attached hydrogens (tertiary/aromatic N) is 3. The minimum Gasteiger partial charge on any atom is -0.497 e. The highest BCUT2D eigenvalue weighted by atomic mass is 16.5. The van der Waals surface area contributed by atoms with E-state index in [-0.39, 0.29) is 18.5 Å². The molecule has 1 fully saturated rings. The number of methoxy groups -OCH3 is 2. The maximum atomic E-state index is 13.3. The van der Waals surface area contributed by atoms with Crippen molar-refractivity contribution in [2.45, 2.75) is 19.4 Å². The number of amides is 3. The van der Waals surface area contributed by atoms with E-state index in [1.807, 2.05) is 35.2 Å². The summed E-state index contributed by atoms with van der Waals surface area (Å²) in [5, 5.41) is 2.94. The van der Waals surface area contributed by atoms with Crippen LogP contribution in [0.15, 0.2) is 59.8 Å². The second-order valence-corrected chi connectivity index (χ2v) is 9.42. The van der Waals surface area contributed by atoms with Gasteiger partial charge in [-0.1, -0.05) is 24.3 Å². The predicted octanol–water partition coefficient (Wildman–Crippen LogP) is 3.07. The van der Waals surface area contributed by atoms with Gasteiger partial charge in [0.15, 0.2) is 0 Å². The number of urea groups is 1. The van der Waals surface area contributed by atoms with Crippen molar-refractivity contribution in [3.8, 4) is 11.5 Å². The van der Waals surface area contributed by atoms with E-state index in [9.17, 15) is 14.4 Å². The summed E-state index contributed by atoms with van der Waals surface area (Å²) in [6.07, 6.45) is 0.754. The molecule has 10 nitrogen and oxygen atoms in total. The van der Waals surface area contributed by atoms with Crippen molar-refractivity contribution in [3.05, 3.63) is 70.9 Å². The van der Waals surface area contributed by atoms with Crippen molar-refractivity contribution in [1.29, 1.82) is 0 Å². The van der Waals surface area contributed by atoms with Gasteiger partial charge in [0.2, 0.25) is 0 Å². The van der Waals surface area contributed by atoms with Crippen LogP contribution in [-0.4, -0.2) is 93.2 Å². The first-order chi connectivity index (χ1) is 18.9. The van der Waals surface area contributed by atoms with E-state index in [4.69, 9.17) is 14.2 Å². The van der Waals surface area contributed by atoms with E-state index >= 15 is 0 Å². The number of hydrogen-bond donors (Lipinski definition) is 1. The number of carbonyl (C=O) groups is 3. The number of hydrogen-bond acceptors (Lipinski definition) is 7. The van der Waals surface area contributed by atoms with Crippen molar-refractivity contribution in [2.75, 3.05) is 60.6 Å². The van der Waals surface area contributed by atoms with Gasteiger partial charge in [-0.05, 0) is 37.6 Å². The number of para-hydroxylation sites is 1. The molecule has 0 radical (unpaired) electrons. The second kappa shape index (κ2) is 12.7. The van der Waals surface area contributed by atoms with Crippen LogP contribution in [0.1, 0.15) is 35.3 Å². The summed E-state index contributed by atoms with van der Waals surface area (Å²) < 4.78 is 16.3. The van der Waals surface area contributed by atoms with Crippen LogP contribution >= 0.6 is 0 Å². The van der Waals surface area contributed by atoms with E-state index < -0.39 is 12.0 Å². The average Bonchev–Trinajstić information content (AvgIpc) is 3.20. The first kappa shape index (κ1) is 28.0. The van der Waals surface area contributed by atoms with Gasteiger partial charge in [0, 0.05) is 56.6 Å². The van der Waals surface area contributed by atoms with E-state index in [1.54, 1.807) is 46.4 Å². The summed E-state index contributed by atoms with van der Waals surface area (Å²) in [5.74, 6) is 0.668. The van der Waals surface area contributed by atoms with Crippen LogP contribution in [0, 0.1) is 0 Å². The Morgan fingerprint density at radius 1 is 1.00 bits per heavy atom. The van der Waals surface area contributed by atoms with Crippen LogP contribution in [0.2, 0.25) is 0 Å². The maximum absolute atomic E-state index is 13.3. The van der Waals surface area contributed by atoms with E-state index in [2.05, 4.69) is 10.2 Å². The van der Waals surface area contributed by atoms with Gasteiger partial charge in [-0.25, -0.2) is 9.59 Å². The molecule has 2 aliphatic heterocycles. The quantitative estimate of drug-likeness (QED) is 0.518. The molecule has 0 aromatic heterocycles. The van der Waals surface area contributed by atoms with Gasteiger partial charge in [0.05, 0.1) is 32.4 Å². The lowest BCUT2D eigenvalue weighted by molar-refractivity contribution is -0.139. The maximum Gasteiger partial charge on any atom is 0.338 e. The largest absolute Gasteiger partial charge is 0.497 e. The first-order valence-electron chi connectivity index (χ1n) is 13.1. The Bertz CT molecular complexity index is 1250. The fourth-order valence-corrected chi connectivity index (χ4v) is 5.02. The summed E-state index contributed by atoms with van der Waals surface area (Å²) in [4.78, 5) is 45.1. The summed E-state index contributed by atoms with van der Waals surface area (Å²) >= 11 is 0. The van der Waals surface area contributed by atoms with Crippen LogP contribution in [-0.2, 0) is 9.53 Å². The predicted molar refractivity (Wildman–Crippen MR) is 146 cm³/mol. The van der Waals surface area contributed by atoms with Crippen LogP contribution in [0.4, 0.5) is 4.79 Å². The lowest BCUT2D eigenvalue weighted by atomic mass is 9.93. The van der Waals surface area contributed by atoms with Gasteiger partial charge in [0.25, 0.3) is 5.91 Å². The molecule has 0 aliphatic carbocycles. The SMILES string of the molecule is CCOC(=O)C1=C(CN2CCCN(C(=O)c3cccc(OC)c3)CC2)N(C)C(=O)NC1c1ccccc1OC. The van der Waals surface area contributed by atoms with Crippen LogP contribution < -0.4 is 14.8 Å². The average molecular weight is 537 g/mol. The molecule has 4 rings (SSSR count). The Labute approximate surface area is 229 Å². The van der Waals surface area contributed by atoms with Crippen LogP contribution in [0.3, 0.4) is 0 Å². The third-order valence-corrected chi connectivity index (χ3v) is 7.09. The van der Waals surface area contributed by atoms with Gasteiger partial charge in [-0.3, -0.25) is 14.6 Å². The topological polar surface area (TPSA) is 101 Å². The number of ether oxygens (including phenoxy) is 3. The van der Waals surface area contributed by atoms with Gasteiger partial charge < -0.3 is 24.4 Å². The second-order valence-electron chi connectivity index (χ2n) is 9.42. The molecule has 10 heteroatoms. The summed E-state index contributed by atoms with van der Waals surface area (Å²) in [6.45, 7) is 4.73. The number of esters is 1. The van der Waals surface area contributed by atoms with Crippen molar-refractivity contribution >= 4 is 17.9 Å². The molecule has 0 bridgehead atoms. The molecule has 208 valence electrons. The highest BCUT2D eigenvalue weighted by molar-refractivity contribution is 5.96. The lowest BCUT2D eigenvalue weighted by Crippen LogP contribution is -2.49. The third kappa shape index (κ3) is 6.17. The minimum absolute atomic E-state index is 0.0485. The Morgan fingerprint density at radius 3 is 2.54 bits per heavy atom. The molecule has 1 atom stereocenters. The molecular weight excluding hydrogens is 500 g/mol. The molecule has 3 amide bonds. The standard InChI is InChI=1S/C29H36N4O6/c1-5-39-28(35)25-23(31(2)29(36)30-26(25)22-12-6-7-13-24(22)38-4)19-32-14-9-15-33(17-16-32)27(34)20-10-8-11-21(18-20)37-3/h6-8,10-13,18,26H,5,9,14-17,19H2,1-4H3,(H,30,36). The van der Waals surface area contributed by atoms with Crippen molar-refractivity contribution in [2.24, 2.45) is 0 Å². The number of nitrogens with one attached hydrogen (secondary N) is 1. The molecule has 1 saturated heterocycles. The van der Waals surface area contributed by atoms with E-state index in [1.165, 1.54) is 4.90 Å². The molecular formula is C29H36N4O6. The zero-order valence-electron chi connectivity index (χ0n) is 22.9. The van der Waals surface area contributed by atoms with Crippen molar-refractivity contribution < 1.29 is 28.6 Å². The molecule has 0 spiro atoms. The number of rotatable bonds is 8. The highest BCUT2D eigenvalue weighted by Crippen LogP contribution is 2.36. The summed E-state index contributed by atoms with van der Waals surface area (Å²) in [5.41, 5.74) is 2.20. The monoisotopic (exact) mass is 536 g/mol. The Kier molecular flexibility index (Phi) is 9.08. The summed E-state index contributed by atoms with van der Waals surface area (Å²) in [7, 11) is 4.78. The normalized spacial score (nSPS) is 18.4. The van der Waals surface area contributed by atoms with Crippen molar-refractivity contribution in [1.82, 2.24) is 20.0 Å². The number of likely N-dealkylation sites (N-methyl/N-ethyl adjacent to an activating group) is 1. The molecule has 0 saturated carbocycles. The van der Waals surface area contributed by atoms with E-state index in [0.717, 1.165) is 6.42 Å². The van der Waals surface area contributed by atoms with Crippen molar-refractivity contribution in [3.63, 3.8) is 0 Å². The minimum atomic E-state index is -0.725. The molecule has 1 unspecified atom stereocenters. The summed E-state index contributed by atoms with van der Waals surface area (Å²) in [6, 6.07) is 13.4. The fraction of sp³-hybridized carbons (Fsp3) is 0.414. The van der Waals surface area contributed by atoms with Crippen LogP contribution in [0.25, 0.3) is 0 Å². The molecule has 2 heterocycles. The van der Waals surface area contributed by atoms with Gasteiger partial charge in [-0.2, -0.15) is 0 Å². The Hall–Kier alpha value is -4.05. The Balaban J connectivity index is 1.60. The van der Waals surface area contributed by atoms with Gasteiger partial charge in [-0.15, -0.1) is 0 Å².